The van der Waals surface area contributed by atoms with Crippen LogP contribution in [0, 0.1) is 9.49 Å². The first-order valence-corrected chi connectivity index (χ1v) is 8.37. The zero-order valence-corrected chi connectivity index (χ0v) is 14.4. The van der Waals surface area contributed by atoms with E-state index < -0.39 is 0 Å². The van der Waals surface area contributed by atoms with Gasteiger partial charge < -0.3 is 4.74 Å². The van der Waals surface area contributed by atoms with Crippen molar-refractivity contribution in [2.24, 2.45) is 5.92 Å². The topological polar surface area (TPSA) is 35.0 Å². The van der Waals surface area contributed by atoms with Crippen molar-refractivity contribution in [1.29, 1.82) is 0 Å². The molecule has 2 rings (SSSR count). The number of hydrogen-bond acceptors (Lipinski definition) is 3. The maximum absolute atomic E-state index is 6.22. The number of hydrogen-bond donors (Lipinski definition) is 0. The molecule has 0 spiro atoms. The fraction of sp³-hybridized carbons (Fsp3) is 0.714. The summed E-state index contributed by atoms with van der Waals surface area (Å²) in [6.07, 6.45) is 7.16. The van der Waals surface area contributed by atoms with Crippen molar-refractivity contribution >= 4 is 34.2 Å². The van der Waals surface area contributed by atoms with Crippen LogP contribution in [0.5, 0.6) is 0 Å². The summed E-state index contributed by atoms with van der Waals surface area (Å²) in [7, 11) is 1.75. The first kappa shape index (κ1) is 15.4. The fourth-order valence-electron chi connectivity index (χ4n) is 2.79. The first-order chi connectivity index (χ1) is 9.17. The van der Waals surface area contributed by atoms with E-state index in [1.165, 1.54) is 32.1 Å². The lowest BCUT2D eigenvalue weighted by Gasteiger charge is -2.28. The molecule has 1 aliphatic rings. The van der Waals surface area contributed by atoms with Crippen LogP contribution >= 0.6 is 34.2 Å². The standard InChI is InChI=1S/C14H20ClIN2O/c1-3-10-11(16)13(15)18-14(17-10)12(19-2)9-7-5-4-6-8-9/h9,12H,3-8H2,1-2H3. The molecule has 1 saturated carbocycles. The van der Waals surface area contributed by atoms with Gasteiger partial charge in [-0.2, -0.15) is 0 Å². The highest BCUT2D eigenvalue weighted by Crippen LogP contribution is 2.36. The molecule has 106 valence electrons. The van der Waals surface area contributed by atoms with Crippen LogP contribution in [0.4, 0.5) is 0 Å². The molecule has 1 aliphatic carbocycles. The third kappa shape index (κ3) is 3.58. The van der Waals surface area contributed by atoms with Crippen molar-refractivity contribution in [3.05, 3.63) is 20.2 Å². The monoisotopic (exact) mass is 394 g/mol. The van der Waals surface area contributed by atoms with Gasteiger partial charge in [0.25, 0.3) is 0 Å². The SMILES string of the molecule is CCc1nc(C(OC)C2CCCCC2)nc(Cl)c1I. The van der Waals surface area contributed by atoms with Crippen LogP contribution in [-0.4, -0.2) is 17.1 Å². The van der Waals surface area contributed by atoms with Gasteiger partial charge in [-0.3, -0.25) is 0 Å². The molecular weight excluding hydrogens is 375 g/mol. The van der Waals surface area contributed by atoms with Gasteiger partial charge in [-0.1, -0.05) is 37.8 Å². The van der Waals surface area contributed by atoms with Crippen molar-refractivity contribution < 1.29 is 4.74 Å². The average molecular weight is 395 g/mol. The van der Waals surface area contributed by atoms with Gasteiger partial charge in [-0.05, 0) is 47.8 Å². The minimum absolute atomic E-state index is 0.0138. The van der Waals surface area contributed by atoms with E-state index in [1.54, 1.807) is 7.11 Å². The number of halogens is 2. The highest BCUT2D eigenvalue weighted by Gasteiger charge is 2.28. The van der Waals surface area contributed by atoms with Crippen LogP contribution in [-0.2, 0) is 11.2 Å². The third-order valence-electron chi connectivity index (χ3n) is 3.82. The van der Waals surface area contributed by atoms with E-state index in [0.717, 1.165) is 21.5 Å². The number of methoxy groups -OCH3 is 1. The summed E-state index contributed by atoms with van der Waals surface area (Å²) in [6.45, 7) is 2.09. The maximum Gasteiger partial charge on any atom is 0.159 e. The smallest absolute Gasteiger partial charge is 0.159 e. The quantitative estimate of drug-likeness (QED) is 0.554. The second-order valence-electron chi connectivity index (χ2n) is 5.04. The molecule has 0 bridgehead atoms. The lowest BCUT2D eigenvalue weighted by atomic mass is 9.85. The molecule has 0 aliphatic heterocycles. The molecular formula is C14H20ClIN2O. The van der Waals surface area contributed by atoms with E-state index in [1.807, 2.05) is 0 Å². The predicted molar refractivity (Wildman–Crippen MR) is 85.5 cm³/mol. The van der Waals surface area contributed by atoms with E-state index >= 15 is 0 Å². The minimum Gasteiger partial charge on any atom is -0.373 e. The van der Waals surface area contributed by atoms with Crippen LogP contribution < -0.4 is 0 Å². The summed E-state index contributed by atoms with van der Waals surface area (Å²) in [5, 5.41) is 0.556. The van der Waals surface area contributed by atoms with Crippen LogP contribution in [0.15, 0.2) is 0 Å². The van der Waals surface area contributed by atoms with Crippen molar-refractivity contribution in [2.75, 3.05) is 7.11 Å². The normalized spacial score (nSPS) is 18.5. The number of aromatic nitrogens is 2. The summed E-state index contributed by atoms with van der Waals surface area (Å²) >= 11 is 8.44. The van der Waals surface area contributed by atoms with Gasteiger partial charge in [0.2, 0.25) is 0 Å². The van der Waals surface area contributed by atoms with E-state index in [2.05, 4.69) is 39.5 Å². The molecule has 3 nitrogen and oxygen atoms in total. The largest absolute Gasteiger partial charge is 0.373 e. The molecule has 0 N–H and O–H groups in total. The number of ether oxygens (including phenoxy) is 1. The summed E-state index contributed by atoms with van der Waals surface area (Å²) in [5.41, 5.74) is 1.02. The molecule has 1 heterocycles. The Labute approximate surface area is 133 Å². The molecule has 5 heteroatoms. The zero-order valence-electron chi connectivity index (χ0n) is 11.5. The average Bonchev–Trinajstić information content (AvgIpc) is 2.44. The number of nitrogens with zero attached hydrogens (tertiary/aromatic N) is 2. The Morgan fingerprint density at radius 2 is 2.00 bits per heavy atom. The van der Waals surface area contributed by atoms with Gasteiger partial charge in [-0.25, -0.2) is 9.97 Å². The molecule has 0 saturated heterocycles. The molecule has 0 radical (unpaired) electrons. The van der Waals surface area contributed by atoms with E-state index in [9.17, 15) is 0 Å². The Bertz CT molecular complexity index is 436. The minimum atomic E-state index is -0.0138. The van der Waals surface area contributed by atoms with Gasteiger partial charge in [0, 0.05) is 7.11 Å². The highest BCUT2D eigenvalue weighted by molar-refractivity contribution is 14.1. The molecule has 0 aromatic carbocycles. The van der Waals surface area contributed by atoms with E-state index in [4.69, 9.17) is 16.3 Å². The van der Waals surface area contributed by atoms with Crippen molar-refractivity contribution in [3.8, 4) is 0 Å². The summed E-state index contributed by atoms with van der Waals surface area (Å²) < 4.78 is 6.65. The Morgan fingerprint density at radius 3 is 2.58 bits per heavy atom. The Kier molecular flexibility index (Phi) is 5.84. The second-order valence-corrected chi connectivity index (χ2v) is 6.48. The first-order valence-electron chi connectivity index (χ1n) is 6.92. The summed E-state index contributed by atoms with van der Waals surface area (Å²) in [4.78, 5) is 9.12. The molecule has 1 atom stereocenters. The Balaban J connectivity index is 2.29. The Hall–Kier alpha value is 0.0600. The van der Waals surface area contributed by atoms with Crippen molar-refractivity contribution in [1.82, 2.24) is 9.97 Å². The molecule has 19 heavy (non-hydrogen) atoms. The van der Waals surface area contributed by atoms with Crippen molar-refractivity contribution in [2.45, 2.75) is 51.6 Å². The predicted octanol–water partition coefficient (Wildman–Crippen LogP) is 4.56. The second kappa shape index (κ2) is 7.18. The van der Waals surface area contributed by atoms with Gasteiger partial charge in [0.1, 0.15) is 11.3 Å². The van der Waals surface area contributed by atoms with E-state index in [0.29, 0.717) is 11.1 Å². The lowest BCUT2D eigenvalue weighted by Crippen LogP contribution is -2.21. The van der Waals surface area contributed by atoms with Crippen LogP contribution in [0.1, 0.15) is 56.7 Å². The lowest BCUT2D eigenvalue weighted by molar-refractivity contribution is 0.0287. The molecule has 1 fully saturated rings. The molecule has 0 amide bonds. The Morgan fingerprint density at radius 1 is 1.32 bits per heavy atom. The van der Waals surface area contributed by atoms with Crippen LogP contribution in [0.25, 0.3) is 0 Å². The summed E-state index contributed by atoms with van der Waals surface area (Å²) in [5.74, 6) is 1.29. The van der Waals surface area contributed by atoms with Gasteiger partial charge >= 0.3 is 0 Å². The van der Waals surface area contributed by atoms with Crippen LogP contribution in [0.2, 0.25) is 5.15 Å². The fourth-order valence-corrected chi connectivity index (χ4v) is 3.61. The van der Waals surface area contributed by atoms with Crippen molar-refractivity contribution in [3.63, 3.8) is 0 Å². The van der Waals surface area contributed by atoms with E-state index in [-0.39, 0.29) is 6.10 Å². The van der Waals surface area contributed by atoms with Crippen LogP contribution in [0.3, 0.4) is 0 Å². The summed E-state index contributed by atoms with van der Waals surface area (Å²) in [6, 6.07) is 0. The zero-order chi connectivity index (χ0) is 13.8. The van der Waals surface area contributed by atoms with Gasteiger partial charge in [0.15, 0.2) is 5.82 Å². The number of aryl methyl sites for hydroxylation is 1. The number of rotatable bonds is 4. The van der Waals surface area contributed by atoms with Gasteiger partial charge in [0.05, 0.1) is 9.26 Å². The molecule has 1 aromatic heterocycles. The molecule has 1 aromatic rings. The molecule has 1 unspecified atom stereocenters. The van der Waals surface area contributed by atoms with Gasteiger partial charge in [-0.15, -0.1) is 0 Å². The maximum atomic E-state index is 6.22. The highest BCUT2D eigenvalue weighted by atomic mass is 127. The third-order valence-corrected chi connectivity index (χ3v) is 5.54.